The highest BCUT2D eigenvalue weighted by Crippen LogP contribution is 2.18. The van der Waals surface area contributed by atoms with Gasteiger partial charge in [-0.15, -0.1) is 11.8 Å². The van der Waals surface area contributed by atoms with E-state index in [0.29, 0.717) is 0 Å². The Bertz CT molecular complexity index is 155. The number of dihydropyridines is 1. The molecule has 0 aromatic carbocycles. The zero-order valence-electron chi connectivity index (χ0n) is 5.16. The highest BCUT2D eigenvalue weighted by Gasteiger charge is 2.19. The second-order valence-electron chi connectivity index (χ2n) is 1.76. The van der Waals surface area contributed by atoms with Gasteiger partial charge in [0.15, 0.2) is 0 Å². The summed E-state index contributed by atoms with van der Waals surface area (Å²) in [6, 6.07) is 0. The molecule has 1 atom stereocenters. The van der Waals surface area contributed by atoms with E-state index in [9.17, 15) is 5.11 Å². The standard InChI is InChI=1S/C6H9NOS/c1-9-6(8)4-2-3-5-7-6/h2-5,7-8H,1H3. The van der Waals surface area contributed by atoms with Crippen LogP contribution in [0.15, 0.2) is 24.4 Å². The van der Waals surface area contributed by atoms with E-state index in [-0.39, 0.29) is 0 Å². The quantitative estimate of drug-likeness (QED) is 0.529. The van der Waals surface area contributed by atoms with Gasteiger partial charge in [0.1, 0.15) is 0 Å². The minimum absolute atomic E-state index is 0.880. The van der Waals surface area contributed by atoms with Gasteiger partial charge in [0.25, 0.3) is 0 Å². The Balaban J connectivity index is 2.63. The highest BCUT2D eigenvalue weighted by atomic mass is 32.2. The van der Waals surface area contributed by atoms with Crippen LogP contribution in [0.5, 0.6) is 0 Å². The minimum atomic E-state index is -0.880. The van der Waals surface area contributed by atoms with E-state index in [1.54, 1.807) is 12.3 Å². The molecular formula is C6H9NOS. The summed E-state index contributed by atoms with van der Waals surface area (Å²) in [6.07, 6.45) is 8.92. The lowest BCUT2D eigenvalue weighted by atomic mass is 10.4. The van der Waals surface area contributed by atoms with Crippen molar-refractivity contribution in [1.82, 2.24) is 5.32 Å². The van der Waals surface area contributed by atoms with E-state index in [4.69, 9.17) is 0 Å². The fourth-order valence-electron chi connectivity index (χ4n) is 0.584. The van der Waals surface area contributed by atoms with Crippen LogP contribution in [-0.2, 0) is 0 Å². The maximum absolute atomic E-state index is 9.39. The number of nitrogens with one attached hydrogen (secondary N) is 1. The van der Waals surface area contributed by atoms with Gasteiger partial charge in [-0.3, -0.25) is 0 Å². The molecule has 0 bridgehead atoms. The van der Waals surface area contributed by atoms with Crippen molar-refractivity contribution in [2.75, 3.05) is 6.26 Å². The van der Waals surface area contributed by atoms with E-state index in [1.165, 1.54) is 11.8 Å². The Hall–Kier alpha value is -0.410. The summed E-state index contributed by atoms with van der Waals surface area (Å²) in [4.78, 5) is 0. The normalized spacial score (nSPS) is 32.2. The zero-order valence-corrected chi connectivity index (χ0v) is 5.98. The van der Waals surface area contributed by atoms with Crippen LogP contribution in [0.3, 0.4) is 0 Å². The Morgan fingerprint density at radius 3 is 2.67 bits per heavy atom. The van der Waals surface area contributed by atoms with E-state index < -0.39 is 5.06 Å². The van der Waals surface area contributed by atoms with Crippen molar-refractivity contribution in [3.8, 4) is 0 Å². The Labute approximate surface area is 58.6 Å². The predicted molar refractivity (Wildman–Crippen MR) is 39.9 cm³/mol. The summed E-state index contributed by atoms with van der Waals surface area (Å²) >= 11 is 1.35. The van der Waals surface area contributed by atoms with Crippen molar-refractivity contribution < 1.29 is 5.11 Å². The van der Waals surface area contributed by atoms with Crippen molar-refractivity contribution in [1.29, 1.82) is 0 Å². The van der Waals surface area contributed by atoms with E-state index >= 15 is 0 Å². The van der Waals surface area contributed by atoms with Gasteiger partial charge in [-0.2, -0.15) is 0 Å². The van der Waals surface area contributed by atoms with Crippen molar-refractivity contribution in [3.63, 3.8) is 0 Å². The second kappa shape index (κ2) is 2.45. The zero-order chi connectivity index (χ0) is 6.74. The highest BCUT2D eigenvalue weighted by molar-refractivity contribution is 7.99. The lowest BCUT2D eigenvalue weighted by Crippen LogP contribution is -2.37. The summed E-state index contributed by atoms with van der Waals surface area (Å²) in [5.41, 5.74) is 0. The van der Waals surface area contributed by atoms with Gasteiger partial charge >= 0.3 is 0 Å². The second-order valence-corrected chi connectivity index (χ2v) is 2.79. The first-order valence-corrected chi connectivity index (χ1v) is 3.89. The average molecular weight is 143 g/mol. The maximum Gasteiger partial charge on any atom is 0.204 e. The number of rotatable bonds is 1. The molecular weight excluding hydrogens is 134 g/mol. The molecule has 1 aliphatic rings. The Morgan fingerprint density at radius 2 is 2.33 bits per heavy atom. The molecule has 3 heteroatoms. The van der Waals surface area contributed by atoms with Gasteiger partial charge in [0.2, 0.25) is 5.06 Å². The summed E-state index contributed by atoms with van der Waals surface area (Å²) in [5, 5.41) is 11.3. The maximum atomic E-state index is 9.39. The van der Waals surface area contributed by atoms with Crippen molar-refractivity contribution in [2.45, 2.75) is 5.06 Å². The fourth-order valence-corrected chi connectivity index (χ4v) is 0.985. The number of thioether (sulfide) groups is 1. The first-order chi connectivity index (χ1) is 4.27. The molecule has 0 saturated heterocycles. The number of allylic oxidation sites excluding steroid dienone is 2. The molecule has 0 aliphatic carbocycles. The third-order valence-corrected chi connectivity index (χ3v) is 2.01. The van der Waals surface area contributed by atoms with Crippen LogP contribution in [-0.4, -0.2) is 16.4 Å². The van der Waals surface area contributed by atoms with Crippen LogP contribution in [0.2, 0.25) is 0 Å². The van der Waals surface area contributed by atoms with E-state index in [0.717, 1.165) is 0 Å². The van der Waals surface area contributed by atoms with E-state index in [1.807, 2.05) is 18.4 Å². The number of hydrogen-bond donors (Lipinski definition) is 2. The van der Waals surface area contributed by atoms with Gasteiger partial charge < -0.3 is 10.4 Å². The first-order valence-electron chi connectivity index (χ1n) is 2.66. The molecule has 1 heterocycles. The molecule has 2 N–H and O–H groups in total. The molecule has 0 radical (unpaired) electrons. The van der Waals surface area contributed by atoms with Crippen molar-refractivity contribution >= 4 is 11.8 Å². The van der Waals surface area contributed by atoms with Crippen LogP contribution in [0.1, 0.15) is 0 Å². The third kappa shape index (κ3) is 1.50. The fraction of sp³-hybridized carbons (Fsp3) is 0.333. The summed E-state index contributed by atoms with van der Waals surface area (Å²) in [7, 11) is 0. The average Bonchev–Trinajstić information content (AvgIpc) is 1.90. The lowest BCUT2D eigenvalue weighted by molar-refractivity contribution is 0.165. The number of hydrogen-bond acceptors (Lipinski definition) is 3. The summed E-state index contributed by atoms with van der Waals surface area (Å²) < 4.78 is 0. The molecule has 0 fully saturated rings. The molecule has 0 aromatic heterocycles. The van der Waals surface area contributed by atoms with Gasteiger partial charge in [-0.05, 0) is 24.6 Å². The van der Waals surface area contributed by atoms with Crippen LogP contribution < -0.4 is 5.32 Å². The van der Waals surface area contributed by atoms with Crippen LogP contribution in [0.4, 0.5) is 0 Å². The van der Waals surface area contributed by atoms with Crippen LogP contribution >= 0.6 is 11.8 Å². The predicted octanol–water partition coefficient (Wildman–Crippen LogP) is 0.669. The van der Waals surface area contributed by atoms with Crippen molar-refractivity contribution in [3.05, 3.63) is 24.4 Å². The molecule has 50 valence electrons. The van der Waals surface area contributed by atoms with Crippen LogP contribution in [0.25, 0.3) is 0 Å². The summed E-state index contributed by atoms with van der Waals surface area (Å²) in [5.74, 6) is 0. The summed E-state index contributed by atoms with van der Waals surface area (Å²) in [6.45, 7) is 0. The molecule has 0 saturated carbocycles. The van der Waals surface area contributed by atoms with E-state index in [2.05, 4.69) is 5.32 Å². The molecule has 2 nitrogen and oxygen atoms in total. The molecule has 0 spiro atoms. The molecule has 0 aromatic rings. The van der Waals surface area contributed by atoms with Gasteiger partial charge in [0, 0.05) is 0 Å². The van der Waals surface area contributed by atoms with Crippen LogP contribution in [0, 0.1) is 0 Å². The Morgan fingerprint density at radius 1 is 1.56 bits per heavy atom. The van der Waals surface area contributed by atoms with Crippen molar-refractivity contribution in [2.24, 2.45) is 0 Å². The molecule has 1 rings (SSSR count). The SMILES string of the molecule is CSC1(O)C=CC=CN1. The largest absolute Gasteiger partial charge is 0.359 e. The minimum Gasteiger partial charge on any atom is -0.359 e. The van der Waals surface area contributed by atoms with Gasteiger partial charge in [-0.25, -0.2) is 0 Å². The number of aliphatic hydroxyl groups is 1. The lowest BCUT2D eigenvalue weighted by Gasteiger charge is -2.23. The molecule has 0 amide bonds. The monoisotopic (exact) mass is 143 g/mol. The topological polar surface area (TPSA) is 32.3 Å². The Kier molecular flexibility index (Phi) is 1.83. The smallest absolute Gasteiger partial charge is 0.204 e. The molecule has 1 unspecified atom stereocenters. The molecule has 1 aliphatic heterocycles. The van der Waals surface area contributed by atoms with Gasteiger partial charge in [0.05, 0.1) is 0 Å². The van der Waals surface area contributed by atoms with Gasteiger partial charge in [-0.1, -0.05) is 6.08 Å². The third-order valence-electron chi connectivity index (χ3n) is 1.13. The first kappa shape index (κ1) is 6.71. The molecule has 9 heavy (non-hydrogen) atoms.